The lowest BCUT2D eigenvalue weighted by Gasteiger charge is -2.33. The van der Waals surface area contributed by atoms with Crippen LogP contribution in [-0.4, -0.2) is 54.9 Å². The summed E-state index contributed by atoms with van der Waals surface area (Å²) in [4.78, 5) is 13.7. The number of nitrogens with zero attached hydrogens (tertiary/aromatic N) is 3. The Kier molecular flexibility index (Phi) is 6.21. The first-order valence-corrected chi connectivity index (χ1v) is 11.6. The minimum atomic E-state index is -4.65. The van der Waals surface area contributed by atoms with Crippen LogP contribution in [-0.2, 0) is 16.2 Å². The van der Waals surface area contributed by atoms with Gasteiger partial charge in [-0.1, -0.05) is 22.8 Å². The SMILES string of the molecule is O=C(c1cc(-c2ccc(Cl)cc2)on1)N1CCN(S(=O)(=O)c2cccc(C(F)(F)F)c2)CC1. The van der Waals surface area contributed by atoms with Crippen LogP contribution < -0.4 is 0 Å². The molecule has 0 bridgehead atoms. The second-order valence-electron chi connectivity index (χ2n) is 7.31. The van der Waals surface area contributed by atoms with Crippen molar-refractivity contribution in [3.05, 3.63) is 70.9 Å². The molecule has 0 spiro atoms. The molecular weight excluding hydrogens is 483 g/mol. The lowest BCUT2D eigenvalue weighted by molar-refractivity contribution is -0.137. The van der Waals surface area contributed by atoms with Gasteiger partial charge < -0.3 is 9.42 Å². The molecule has 7 nitrogen and oxygen atoms in total. The molecule has 0 N–H and O–H groups in total. The minimum Gasteiger partial charge on any atom is -0.355 e. The fourth-order valence-corrected chi connectivity index (χ4v) is 5.00. The molecular formula is C21H17ClF3N3O4S. The molecule has 2 aromatic carbocycles. The molecule has 12 heteroatoms. The number of halogens is 4. The van der Waals surface area contributed by atoms with Crippen LogP contribution >= 0.6 is 11.6 Å². The first-order chi connectivity index (χ1) is 15.6. The van der Waals surface area contributed by atoms with Crippen molar-refractivity contribution >= 4 is 27.5 Å². The summed E-state index contributed by atoms with van der Waals surface area (Å²) >= 11 is 5.86. The first-order valence-electron chi connectivity index (χ1n) is 9.75. The van der Waals surface area contributed by atoms with Crippen molar-refractivity contribution in [2.75, 3.05) is 26.2 Å². The average molecular weight is 500 g/mol. The van der Waals surface area contributed by atoms with E-state index >= 15 is 0 Å². The maximum atomic E-state index is 13.0. The Balaban J connectivity index is 1.43. The largest absolute Gasteiger partial charge is 0.416 e. The zero-order chi connectivity index (χ0) is 23.8. The molecule has 1 aliphatic rings. The van der Waals surface area contributed by atoms with Crippen molar-refractivity contribution in [1.82, 2.24) is 14.4 Å². The molecule has 1 aliphatic heterocycles. The second-order valence-corrected chi connectivity index (χ2v) is 9.68. The standard InChI is InChI=1S/C21H17ClF3N3O4S/c22-16-6-4-14(5-7-16)19-13-18(26-32-19)20(29)27-8-10-28(11-9-27)33(30,31)17-3-1-2-15(12-17)21(23,24)25/h1-7,12-13H,8-11H2. The molecule has 0 radical (unpaired) electrons. The fourth-order valence-electron chi connectivity index (χ4n) is 3.40. The van der Waals surface area contributed by atoms with E-state index in [0.717, 1.165) is 22.5 Å². The Hall–Kier alpha value is -2.89. The van der Waals surface area contributed by atoms with Gasteiger partial charge in [-0.25, -0.2) is 8.42 Å². The summed E-state index contributed by atoms with van der Waals surface area (Å²) < 4.78 is 70.8. The number of benzene rings is 2. The third-order valence-electron chi connectivity index (χ3n) is 5.18. The molecule has 4 rings (SSSR count). The van der Waals surface area contributed by atoms with Gasteiger partial charge >= 0.3 is 6.18 Å². The van der Waals surface area contributed by atoms with Gasteiger partial charge in [0.05, 0.1) is 10.5 Å². The minimum absolute atomic E-state index is 0.0557. The Labute approximate surface area is 192 Å². The highest BCUT2D eigenvalue weighted by molar-refractivity contribution is 7.89. The van der Waals surface area contributed by atoms with Gasteiger partial charge in [-0.2, -0.15) is 17.5 Å². The molecule has 1 saturated heterocycles. The number of alkyl halides is 3. The van der Waals surface area contributed by atoms with E-state index in [9.17, 15) is 26.4 Å². The van der Waals surface area contributed by atoms with Crippen molar-refractivity contribution in [2.45, 2.75) is 11.1 Å². The van der Waals surface area contributed by atoms with E-state index in [1.807, 2.05) is 0 Å². The van der Waals surface area contributed by atoms with Crippen LogP contribution in [0.3, 0.4) is 0 Å². The quantitative estimate of drug-likeness (QED) is 0.538. The zero-order valence-corrected chi connectivity index (χ0v) is 18.5. The van der Waals surface area contributed by atoms with Gasteiger partial charge in [0.25, 0.3) is 5.91 Å². The van der Waals surface area contributed by atoms with Gasteiger partial charge in [0.15, 0.2) is 11.5 Å². The van der Waals surface area contributed by atoms with Crippen molar-refractivity contribution in [3.63, 3.8) is 0 Å². The molecule has 0 aliphatic carbocycles. The van der Waals surface area contributed by atoms with Gasteiger partial charge in [-0.15, -0.1) is 0 Å². The number of aromatic nitrogens is 1. The van der Waals surface area contributed by atoms with E-state index in [2.05, 4.69) is 5.16 Å². The Morgan fingerprint density at radius 2 is 1.67 bits per heavy atom. The van der Waals surface area contributed by atoms with Gasteiger partial charge in [-0.3, -0.25) is 4.79 Å². The summed E-state index contributed by atoms with van der Waals surface area (Å²) in [6, 6.07) is 11.9. The maximum Gasteiger partial charge on any atom is 0.416 e. The van der Waals surface area contributed by atoms with E-state index in [-0.39, 0.29) is 31.9 Å². The lowest BCUT2D eigenvalue weighted by Crippen LogP contribution is -2.50. The number of hydrogen-bond acceptors (Lipinski definition) is 5. The zero-order valence-electron chi connectivity index (χ0n) is 16.9. The smallest absolute Gasteiger partial charge is 0.355 e. The molecule has 1 aromatic heterocycles. The maximum absolute atomic E-state index is 13.0. The lowest BCUT2D eigenvalue weighted by atomic mass is 10.1. The summed E-state index contributed by atoms with van der Waals surface area (Å²) in [5.41, 5.74) is -0.294. The number of hydrogen-bond donors (Lipinski definition) is 0. The number of carbonyl (C=O) groups is 1. The third-order valence-corrected chi connectivity index (χ3v) is 7.33. The molecule has 0 saturated carbocycles. The van der Waals surface area contributed by atoms with E-state index < -0.39 is 32.6 Å². The van der Waals surface area contributed by atoms with Crippen LogP contribution in [0.1, 0.15) is 16.1 Å². The Bertz CT molecular complexity index is 1270. The number of rotatable bonds is 4. The van der Waals surface area contributed by atoms with Crippen molar-refractivity contribution in [2.24, 2.45) is 0 Å². The average Bonchev–Trinajstić information content (AvgIpc) is 3.29. The van der Waals surface area contributed by atoms with Crippen LogP contribution in [0, 0.1) is 0 Å². The molecule has 174 valence electrons. The van der Waals surface area contributed by atoms with Crippen LogP contribution in [0.15, 0.2) is 64.0 Å². The number of sulfonamides is 1. The molecule has 1 amide bonds. The fraction of sp³-hybridized carbons (Fsp3) is 0.238. The monoisotopic (exact) mass is 499 g/mol. The van der Waals surface area contributed by atoms with E-state index in [1.165, 1.54) is 11.0 Å². The number of amides is 1. The van der Waals surface area contributed by atoms with Gasteiger partial charge in [0, 0.05) is 42.8 Å². The second kappa shape index (κ2) is 8.81. The topological polar surface area (TPSA) is 83.7 Å². The highest BCUT2D eigenvalue weighted by atomic mass is 35.5. The third kappa shape index (κ3) is 4.90. The van der Waals surface area contributed by atoms with Crippen molar-refractivity contribution in [3.8, 4) is 11.3 Å². The number of piperazine rings is 1. The predicted octanol–water partition coefficient (Wildman–Crippen LogP) is 4.16. The van der Waals surface area contributed by atoms with Gasteiger partial charge in [-0.05, 0) is 42.5 Å². The predicted molar refractivity (Wildman–Crippen MR) is 113 cm³/mol. The molecule has 33 heavy (non-hydrogen) atoms. The highest BCUT2D eigenvalue weighted by Crippen LogP contribution is 2.31. The molecule has 2 heterocycles. The van der Waals surface area contributed by atoms with Crippen molar-refractivity contribution in [1.29, 1.82) is 0 Å². The van der Waals surface area contributed by atoms with Gasteiger partial charge in [0.1, 0.15) is 0 Å². The molecule has 0 unspecified atom stereocenters. The summed E-state index contributed by atoms with van der Waals surface area (Å²) in [6.45, 7) is -0.0151. The van der Waals surface area contributed by atoms with Crippen LogP contribution in [0.4, 0.5) is 13.2 Å². The normalized spacial score (nSPS) is 15.6. The summed E-state index contributed by atoms with van der Waals surface area (Å²) in [7, 11) is -4.14. The summed E-state index contributed by atoms with van der Waals surface area (Å²) in [6.07, 6.45) is -4.65. The van der Waals surface area contributed by atoms with Crippen LogP contribution in [0.5, 0.6) is 0 Å². The Morgan fingerprint density at radius 1 is 1.00 bits per heavy atom. The summed E-state index contributed by atoms with van der Waals surface area (Å²) in [5, 5.41) is 4.35. The highest BCUT2D eigenvalue weighted by Gasteiger charge is 2.35. The van der Waals surface area contributed by atoms with Crippen LogP contribution in [0.2, 0.25) is 5.02 Å². The molecule has 0 atom stereocenters. The number of carbonyl (C=O) groups excluding carboxylic acids is 1. The van der Waals surface area contributed by atoms with E-state index in [4.69, 9.17) is 16.1 Å². The van der Waals surface area contributed by atoms with E-state index in [1.54, 1.807) is 24.3 Å². The van der Waals surface area contributed by atoms with E-state index in [0.29, 0.717) is 22.4 Å². The first kappa shape index (κ1) is 23.3. The molecule has 1 fully saturated rings. The van der Waals surface area contributed by atoms with Gasteiger partial charge in [0.2, 0.25) is 10.0 Å². The summed E-state index contributed by atoms with van der Waals surface area (Å²) in [5.74, 6) is -0.0594. The molecule has 3 aromatic rings. The van der Waals surface area contributed by atoms with Crippen LogP contribution in [0.25, 0.3) is 11.3 Å². The van der Waals surface area contributed by atoms with Crippen molar-refractivity contribution < 1.29 is 30.9 Å². The Morgan fingerprint density at radius 3 is 2.30 bits per heavy atom.